The van der Waals surface area contributed by atoms with Gasteiger partial charge in [-0.1, -0.05) is 11.6 Å². The van der Waals surface area contributed by atoms with Crippen molar-refractivity contribution in [1.29, 1.82) is 0 Å². The van der Waals surface area contributed by atoms with Crippen LogP contribution >= 0.6 is 23.8 Å². The lowest BCUT2D eigenvalue weighted by Crippen LogP contribution is -2.29. The number of aromatic amines is 1. The van der Waals surface area contributed by atoms with Gasteiger partial charge < -0.3 is 5.73 Å². The van der Waals surface area contributed by atoms with Gasteiger partial charge in [0.05, 0.1) is 21.2 Å². The minimum Gasteiger partial charge on any atom is -0.374 e. The van der Waals surface area contributed by atoms with Gasteiger partial charge in [0, 0.05) is 23.8 Å². The molecule has 0 spiro atoms. The Kier molecular flexibility index (Phi) is 5.66. The molecule has 0 radical (unpaired) electrons. The summed E-state index contributed by atoms with van der Waals surface area (Å²) in [5.74, 6) is 0. The molecule has 3 aromatic rings. The first kappa shape index (κ1) is 20.8. The number of non-ortho nitro benzene ring substituents is 1. The SMILES string of the molecule is NC(=S)n1[nH]c(-c2ccc([N+](=O)[O-])cc2)c(N=Nc2ccc(Cl)c([N+](=O)[O-])c2)c1=O. The molecule has 0 aliphatic rings. The first-order valence-electron chi connectivity index (χ1n) is 7.94. The highest BCUT2D eigenvalue weighted by Gasteiger charge is 2.19. The number of hydrogen-bond acceptors (Lipinski definition) is 8. The van der Waals surface area contributed by atoms with E-state index in [1.54, 1.807) is 0 Å². The summed E-state index contributed by atoms with van der Waals surface area (Å²) in [6.07, 6.45) is 0. The van der Waals surface area contributed by atoms with Crippen LogP contribution in [0.2, 0.25) is 5.02 Å². The van der Waals surface area contributed by atoms with Gasteiger partial charge in [0.25, 0.3) is 11.4 Å². The Labute approximate surface area is 176 Å². The standard InChI is InChI=1S/C16H10ClN7O5S/c17-11-6-3-9(7-12(11)24(28)29)19-20-14-13(21-22(15(14)25)16(18)30)8-1-4-10(5-2-8)23(26)27/h1-7,21H,(H2,18,30). The molecule has 0 fully saturated rings. The second-order valence-corrected chi connectivity index (χ2v) is 6.54. The molecule has 0 atom stereocenters. The molecule has 0 aliphatic carbocycles. The minimum atomic E-state index is -0.719. The van der Waals surface area contributed by atoms with Crippen molar-refractivity contribution in [3.8, 4) is 11.3 Å². The van der Waals surface area contributed by atoms with Crippen molar-refractivity contribution in [2.75, 3.05) is 0 Å². The molecule has 2 aromatic carbocycles. The maximum Gasteiger partial charge on any atom is 0.301 e. The Bertz CT molecular complexity index is 1270. The summed E-state index contributed by atoms with van der Waals surface area (Å²) in [6.45, 7) is 0. The van der Waals surface area contributed by atoms with E-state index in [4.69, 9.17) is 29.6 Å². The molecule has 12 nitrogen and oxygen atoms in total. The number of nitro groups is 2. The average molecular weight is 448 g/mol. The Morgan fingerprint density at radius 2 is 1.77 bits per heavy atom. The molecule has 1 heterocycles. The predicted molar refractivity (Wildman–Crippen MR) is 112 cm³/mol. The highest BCUT2D eigenvalue weighted by Crippen LogP contribution is 2.31. The zero-order chi connectivity index (χ0) is 22.0. The Hall–Kier alpha value is -3.97. The van der Waals surface area contributed by atoms with Gasteiger partial charge in [0.2, 0.25) is 0 Å². The number of rotatable bonds is 5. The molecule has 0 saturated heterocycles. The number of thiocarbonyl (C=S) groups is 1. The largest absolute Gasteiger partial charge is 0.374 e. The maximum atomic E-state index is 12.6. The van der Waals surface area contributed by atoms with Gasteiger partial charge in [0.15, 0.2) is 10.8 Å². The highest BCUT2D eigenvalue weighted by molar-refractivity contribution is 7.80. The number of nitrogens with zero attached hydrogens (tertiary/aromatic N) is 5. The fourth-order valence-electron chi connectivity index (χ4n) is 2.44. The monoisotopic (exact) mass is 447 g/mol. The van der Waals surface area contributed by atoms with Crippen molar-refractivity contribution < 1.29 is 9.85 Å². The summed E-state index contributed by atoms with van der Waals surface area (Å²) in [5.41, 5.74) is 4.68. The van der Waals surface area contributed by atoms with Crippen molar-refractivity contribution in [2.45, 2.75) is 0 Å². The summed E-state index contributed by atoms with van der Waals surface area (Å²) in [5, 5.41) is 31.9. The van der Waals surface area contributed by atoms with E-state index in [0.717, 1.165) is 10.7 Å². The number of azo groups is 1. The fraction of sp³-hybridized carbons (Fsp3) is 0. The lowest BCUT2D eigenvalue weighted by Gasteiger charge is -2.00. The van der Waals surface area contributed by atoms with E-state index in [1.165, 1.54) is 36.4 Å². The molecule has 152 valence electrons. The number of H-pyrrole nitrogens is 1. The second-order valence-electron chi connectivity index (χ2n) is 5.71. The van der Waals surface area contributed by atoms with E-state index in [9.17, 15) is 25.0 Å². The molecule has 0 saturated carbocycles. The van der Waals surface area contributed by atoms with Crippen molar-refractivity contribution in [2.24, 2.45) is 16.0 Å². The van der Waals surface area contributed by atoms with Crippen molar-refractivity contribution in [1.82, 2.24) is 9.78 Å². The molecule has 1 aromatic heterocycles. The van der Waals surface area contributed by atoms with Gasteiger partial charge in [0.1, 0.15) is 5.02 Å². The molecule has 14 heteroatoms. The van der Waals surface area contributed by atoms with Crippen LogP contribution in [0.25, 0.3) is 11.3 Å². The Morgan fingerprint density at radius 1 is 1.10 bits per heavy atom. The zero-order valence-electron chi connectivity index (χ0n) is 14.7. The van der Waals surface area contributed by atoms with Crippen LogP contribution < -0.4 is 11.3 Å². The summed E-state index contributed by atoms with van der Waals surface area (Å²) in [6, 6.07) is 9.04. The smallest absolute Gasteiger partial charge is 0.301 e. The molecule has 0 aliphatic heterocycles. The number of hydrogen-bond donors (Lipinski definition) is 2. The number of halogens is 1. The average Bonchev–Trinajstić information content (AvgIpc) is 3.03. The van der Waals surface area contributed by atoms with E-state index in [-0.39, 0.29) is 38.6 Å². The van der Waals surface area contributed by atoms with Crippen molar-refractivity contribution in [3.63, 3.8) is 0 Å². The number of nitrogens with one attached hydrogen (secondary N) is 1. The molecule has 3 N–H and O–H groups in total. The lowest BCUT2D eigenvalue weighted by molar-refractivity contribution is -0.384. The van der Waals surface area contributed by atoms with Gasteiger partial charge in [-0.3, -0.25) is 30.1 Å². The topological polar surface area (TPSA) is 175 Å². The van der Waals surface area contributed by atoms with Gasteiger partial charge in [-0.05, 0) is 36.5 Å². The summed E-state index contributed by atoms with van der Waals surface area (Å²) >= 11 is 10.6. The summed E-state index contributed by atoms with van der Waals surface area (Å²) < 4.78 is 0.852. The van der Waals surface area contributed by atoms with Gasteiger partial charge in [-0.15, -0.1) is 5.11 Å². The first-order valence-corrected chi connectivity index (χ1v) is 8.73. The summed E-state index contributed by atoms with van der Waals surface area (Å²) in [4.78, 5) is 33.2. The molecule has 0 unspecified atom stereocenters. The zero-order valence-corrected chi connectivity index (χ0v) is 16.3. The molecule has 30 heavy (non-hydrogen) atoms. The van der Waals surface area contributed by atoms with Crippen molar-refractivity contribution >= 4 is 51.7 Å². The van der Waals surface area contributed by atoms with Gasteiger partial charge in [-0.25, -0.2) is 0 Å². The quantitative estimate of drug-likeness (QED) is 0.258. The third-order valence-corrected chi connectivity index (χ3v) is 4.35. The van der Waals surface area contributed by atoms with Crippen LogP contribution in [0.15, 0.2) is 57.5 Å². The Balaban J connectivity index is 2.10. The van der Waals surface area contributed by atoms with Crippen molar-refractivity contribution in [3.05, 3.63) is 78.1 Å². The number of benzene rings is 2. The number of nitro benzene ring substituents is 2. The molecular weight excluding hydrogens is 438 g/mol. The fourth-order valence-corrected chi connectivity index (χ4v) is 2.75. The van der Waals surface area contributed by atoms with Crippen LogP contribution in [0.3, 0.4) is 0 Å². The summed E-state index contributed by atoms with van der Waals surface area (Å²) in [7, 11) is 0. The third kappa shape index (κ3) is 4.06. The second kappa shape index (κ2) is 8.18. The van der Waals surface area contributed by atoms with E-state index in [0.29, 0.717) is 5.56 Å². The maximum absolute atomic E-state index is 12.6. The molecular formula is C16H10ClN7O5S. The lowest BCUT2D eigenvalue weighted by atomic mass is 10.1. The normalized spacial score (nSPS) is 11.0. The van der Waals surface area contributed by atoms with Gasteiger partial charge in [-0.2, -0.15) is 9.80 Å². The van der Waals surface area contributed by atoms with Crippen LogP contribution in [0.1, 0.15) is 0 Å². The van der Waals surface area contributed by atoms with E-state index in [1.807, 2.05) is 0 Å². The first-order chi connectivity index (χ1) is 14.2. The van der Waals surface area contributed by atoms with E-state index < -0.39 is 15.4 Å². The third-order valence-electron chi connectivity index (χ3n) is 3.85. The van der Waals surface area contributed by atoms with Crippen LogP contribution in [-0.2, 0) is 0 Å². The van der Waals surface area contributed by atoms with Crippen LogP contribution in [0.4, 0.5) is 22.7 Å². The van der Waals surface area contributed by atoms with E-state index >= 15 is 0 Å². The van der Waals surface area contributed by atoms with E-state index in [2.05, 4.69) is 15.3 Å². The minimum absolute atomic E-state index is 0.0724. The molecule has 3 rings (SSSR count). The Morgan fingerprint density at radius 3 is 2.33 bits per heavy atom. The molecule has 0 bridgehead atoms. The van der Waals surface area contributed by atoms with Crippen LogP contribution in [0, 0.1) is 20.2 Å². The number of aromatic nitrogens is 2. The molecule has 0 amide bonds. The highest BCUT2D eigenvalue weighted by atomic mass is 35.5. The number of nitrogens with two attached hydrogens (primary N) is 1. The van der Waals surface area contributed by atoms with Gasteiger partial charge >= 0.3 is 5.56 Å². The van der Waals surface area contributed by atoms with Crippen LogP contribution in [-0.4, -0.2) is 24.7 Å². The van der Waals surface area contributed by atoms with Crippen LogP contribution in [0.5, 0.6) is 0 Å². The predicted octanol–water partition coefficient (Wildman–Crippen LogP) is 3.82.